The summed E-state index contributed by atoms with van der Waals surface area (Å²) in [6.07, 6.45) is 5.70. The molecule has 3 heterocycles. The number of hydrogen-bond acceptors (Lipinski definition) is 4. The third-order valence-electron chi connectivity index (χ3n) is 6.37. The molecule has 2 aromatic carbocycles. The normalized spacial score (nSPS) is 15.7. The van der Waals surface area contributed by atoms with Crippen LogP contribution in [-0.2, 0) is 17.8 Å². The van der Waals surface area contributed by atoms with Crippen molar-refractivity contribution in [2.75, 3.05) is 11.4 Å². The van der Waals surface area contributed by atoms with Gasteiger partial charge in [0.25, 0.3) is 5.56 Å². The SMILES string of the molecule is O=C(Cn1nc(C2CC2)c2cnn(-c3ccccc3)c2c1=O)N1CCCc2ccccc21. The Labute approximate surface area is 184 Å². The zero-order valence-electron chi connectivity index (χ0n) is 17.6. The van der Waals surface area contributed by atoms with Crippen molar-refractivity contribution < 1.29 is 4.79 Å². The number of anilines is 1. The number of carbonyl (C=O) groups excluding carboxylic acids is 1. The Morgan fingerprint density at radius 2 is 1.81 bits per heavy atom. The number of aromatic nitrogens is 4. The van der Waals surface area contributed by atoms with Crippen LogP contribution in [0, 0.1) is 0 Å². The molecular weight excluding hydrogens is 402 g/mol. The van der Waals surface area contributed by atoms with Crippen molar-refractivity contribution in [1.29, 1.82) is 0 Å². The molecule has 0 spiro atoms. The number of carbonyl (C=O) groups is 1. The second-order valence-electron chi connectivity index (χ2n) is 8.55. The molecule has 0 atom stereocenters. The first-order valence-corrected chi connectivity index (χ1v) is 11.1. The van der Waals surface area contributed by atoms with Crippen LogP contribution < -0.4 is 10.5 Å². The molecule has 0 unspecified atom stereocenters. The van der Waals surface area contributed by atoms with Crippen LogP contribution in [0.15, 0.2) is 65.6 Å². The minimum atomic E-state index is -0.288. The highest BCUT2D eigenvalue weighted by molar-refractivity contribution is 5.94. The number of hydrogen-bond donors (Lipinski definition) is 0. The number of benzene rings is 2. The fraction of sp³-hybridized carbons (Fsp3) is 0.280. The average molecular weight is 425 g/mol. The Morgan fingerprint density at radius 1 is 1.03 bits per heavy atom. The number of amides is 1. The van der Waals surface area contributed by atoms with Gasteiger partial charge in [-0.15, -0.1) is 0 Å². The van der Waals surface area contributed by atoms with Gasteiger partial charge in [-0.1, -0.05) is 36.4 Å². The maximum Gasteiger partial charge on any atom is 0.293 e. The van der Waals surface area contributed by atoms with E-state index in [1.807, 2.05) is 48.5 Å². The topological polar surface area (TPSA) is 73.0 Å². The smallest absolute Gasteiger partial charge is 0.293 e. The molecule has 160 valence electrons. The first-order valence-electron chi connectivity index (χ1n) is 11.1. The van der Waals surface area contributed by atoms with Crippen LogP contribution in [0.4, 0.5) is 5.69 Å². The lowest BCUT2D eigenvalue weighted by atomic mass is 10.0. The number of aryl methyl sites for hydroxylation is 1. The molecule has 0 radical (unpaired) electrons. The fourth-order valence-electron chi connectivity index (χ4n) is 4.63. The summed E-state index contributed by atoms with van der Waals surface area (Å²) in [4.78, 5) is 28.6. The van der Waals surface area contributed by atoms with Crippen LogP contribution in [0.5, 0.6) is 0 Å². The van der Waals surface area contributed by atoms with Crippen LogP contribution in [0.1, 0.15) is 36.4 Å². The summed E-state index contributed by atoms with van der Waals surface area (Å²) in [7, 11) is 0. The van der Waals surface area contributed by atoms with Gasteiger partial charge in [0.15, 0.2) is 0 Å². The summed E-state index contributed by atoms with van der Waals surface area (Å²) >= 11 is 0. The fourth-order valence-corrected chi connectivity index (χ4v) is 4.63. The molecule has 32 heavy (non-hydrogen) atoms. The van der Waals surface area contributed by atoms with Crippen molar-refractivity contribution in [3.63, 3.8) is 0 Å². The van der Waals surface area contributed by atoms with Crippen molar-refractivity contribution >= 4 is 22.5 Å². The van der Waals surface area contributed by atoms with E-state index in [-0.39, 0.29) is 18.0 Å². The second-order valence-corrected chi connectivity index (χ2v) is 8.55. The molecule has 7 heteroatoms. The van der Waals surface area contributed by atoms with Crippen LogP contribution in [0.2, 0.25) is 0 Å². The highest BCUT2D eigenvalue weighted by atomic mass is 16.2. The van der Waals surface area contributed by atoms with Crippen molar-refractivity contribution in [2.45, 2.75) is 38.1 Å². The number of fused-ring (bicyclic) bond motifs is 2. The Morgan fingerprint density at radius 3 is 2.62 bits per heavy atom. The van der Waals surface area contributed by atoms with Crippen molar-refractivity contribution in [3.05, 3.63) is 82.4 Å². The van der Waals surface area contributed by atoms with Gasteiger partial charge >= 0.3 is 0 Å². The number of rotatable bonds is 4. The standard InChI is InChI=1S/C25H23N5O2/c31-22(28-14-6-8-17-7-4-5-11-21(17)28)16-29-25(32)24-20(23(27-29)18-12-13-18)15-26-30(24)19-9-2-1-3-10-19/h1-5,7,9-11,15,18H,6,8,12-14,16H2. The summed E-state index contributed by atoms with van der Waals surface area (Å²) in [6.45, 7) is 0.576. The van der Waals surface area contributed by atoms with E-state index < -0.39 is 0 Å². The van der Waals surface area contributed by atoms with Crippen LogP contribution in [0.25, 0.3) is 16.6 Å². The van der Waals surface area contributed by atoms with E-state index in [1.165, 1.54) is 10.2 Å². The zero-order chi connectivity index (χ0) is 21.7. The van der Waals surface area contributed by atoms with Gasteiger partial charge < -0.3 is 4.90 Å². The first kappa shape index (κ1) is 19.0. The molecule has 2 aromatic heterocycles. The van der Waals surface area contributed by atoms with Gasteiger partial charge in [0, 0.05) is 23.5 Å². The molecule has 4 aromatic rings. The molecule has 7 nitrogen and oxygen atoms in total. The minimum Gasteiger partial charge on any atom is -0.311 e. The van der Waals surface area contributed by atoms with E-state index in [0.717, 1.165) is 48.1 Å². The summed E-state index contributed by atoms with van der Waals surface area (Å²) < 4.78 is 3.01. The molecule has 6 rings (SSSR count). The van der Waals surface area contributed by atoms with Gasteiger partial charge in [0.2, 0.25) is 5.91 Å². The zero-order valence-corrected chi connectivity index (χ0v) is 17.6. The van der Waals surface area contributed by atoms with E-state index in [9.17, 15) is 9.59 Å². The number of para-hydroxylation sites is 2. The Bertz CT molecular complexity index is 1380. The Balaban J connectivity index is 1.44. The van der Waals surface area contributed by atoms with Gasteiger partial charge in [-0.05, 0) is 49.4 Å². The van der Waals surface area contributed by atoms with Gasteiger partial charge in [-0.3, -0.25) is 9.59 Å². The summed E-state index contributed by atoms with van der Waals surface area (Å²) in [5, 5.41) is 9.95. The first-order chi connectivity index (χ1) is 15.7. The molecule has 1 saturated carbocycles. The Kier molecular flexibility index (Phi) is 4.41. The lowest BCUT2D eigenvalue weighted by Crippen LogP contribution is -2.40. The largest absolute Gasteiger partial charge is 0.311 e. The van der Waals surface area contributed by atoms with E-state index in [1.54, 1.807) is 15.8 Å². The lowest BCUT2D eigenvalue weighted by Gasteiger charge is -2.29. The molecule has 1 amide bonds. The molecular formula is C25H23N5O2. The second kappa shape index (κ2) is 7.44. The van der Waals surface area contributed by atoms with E-state index in [2.05, 4.69) is 16.3 Å². The maximum absolute atomic E-state index is 13.5. The van der Waals surface area contributed by atoms with Gasteiger partial charge in [0.1, 0.15) is 12.1 Å². The molecule has 2 aliphatic rings. The van der Waals surface area contributed by atoms with E-state index >= 15 is 0 Å². The van der Waals surface area contributed by atoms with Crippen molar-refractivity contribution in [1.82, 2.24) is 19.6 Å². The lowest BCUT2D eigenvalue weighted by molar-refractivity contribution is -0.119. The van der Waals surface area contributed by atoms with Crippen LogP contribution in [-0.4, -0.2) is 32.0 Å². The van der Waals surface area contributed by atoms with Gasteiger partial charge in [0.05, 0.1) is 17.6 Å². The third-order valence-corrected chi connectivity index (χ3v) is 6.37. The minimum absolute atomic E-state index is 0.0806. The predicted octanol–water partition coefficient (Wildman–Crippen LogP) is 3.44. The molecule has 0 saturated heterocycles. The molecule has 1 fully saturated rings. The third kappa shape index (κ3) is 3.12. The molecule has 1 aliphatic heterocycles. The molecule has 0 N–H and O–H groups in total. The van der Waals surface area contributed by atoms with Crippen LogP contribution >= 0.6 is 0 Å². The Hall–Kier alpha value is -3.74. The monoisotopic (exact) mass is 425 g/mol. The van der Waals surface area contributed by atoms with Crippen molar-refractivity contribution in [3.8, 4) is 5.69 Å². The highest BCUT2D eigenvalue weighted by Gasteiger charge is 2.31. The molecule has 1 aliphatic carbocycles. The van der Waals surface area contributed by atoms with Gasteiger partial charge in [-0.25, -0.2) is 9.36 Å². The molecule has 0 bridgehead atoms. The van der Waals surface area contributed by atoms with Gasteiger partial charge in [-0.2, -0.15) is 10.2 Å². The van der Waals surface area contributed by atoms with Crippen molar-refractivity contribution in [2.24, 2.45) is 0 Å². The highest BCUT2D eigenvalue weighted by Crippen LogP contribution is 2.41. The summed E-state index contributed by atoms with van der Waals surface area (Å²) in [6, 6.07) is 17.6. The quantitative estimate of drug-likeness (QED) is 0.502. The summed E-state index contributed by atoms with van der Waals surface area (Å²) in [5.74, 6) is 0.210. The van der Waals surface area contributed by atoms with E-state index in [4.69, 9.17) is 0 Å². The predicted molar refractivity (Wildman–Crippen MR) is 122 cm³/mol. The number of nitrogens with zero attached hydrogens (tertiary/aromatic N) is 5. The summed E-state index contributed by atoms with van der Waals surface area (Å²) in [5.41, 5.74) is 3.99. The maximum atomic E-state index is 13.5. The average Bonchev–Trinajstić information content (AvgIpc) is 3.58. The van der Waals surface area contributed by atoms with E-state index in [0.29, 0.717) is 18.0 Å². The van der Waals surface area contributed by atoms with Crippen LogP contribution in [0.3, 0.4) is 0 Å².